The van der Waals surface area contributed by atoms with Gasteiger partial charge in [0.1, 0.15) is 11.6 Å². The van der Waals surface area contributed by atoms with Crippen LogP contribution in [0.25, 0.3) is 11.4 Å². The molecule has 4 rings (SSSR count). The number of halogens is 1. The number of nitrogens with one attached hydrogen (secondary N) is 2. The van der Waals surface area contributed by atoms with Crippen molar-refractivity contribution in [3.8, 4) is 11.4 Å². The van der Waals surface area contributed by atoms with E-state index in [-0.39, 0.29) is 17.6 Å². The highest BCUT2D eigenvalue weighted by Crippen LogP contribution is 2.25. The molecule has 1 atom stereocenters. The smallest absolute Gasteiger partial charge is 0.323 e. The third-order valence-corrected chi connectivity index (χ3v) is 6.16. The van der Waals surface area contributed by atoms with Gasteiger partial charge in [0.2, 0.25) is 0 Å². The number of hydrogen-bond acceptors (Lipinski definition) is 7. The Morgan fingerprint density at radius 3 is 2.31 bits per heavy atom. The summed E-state index contributed by atoms with van der Waals surface area (Å²) in [6.45, 7) is 3.78. The van der Waals surface area contributed by atoms with E-state index in [9.17, 15) is 17.6 Å². The molecule has 11 heteroatoms. The Hall–Kier alpha value is -3.57. The number of urea groups is 1. The second-order valence-corrected chi connectivity index (χ2v) is 10.5. The van der Waals surface area contributed by atoms with Gasteiger partial charge in [-0.2, -0.15) is 0 Å². The Morgan fingerprint density at radius 2 is 1.71 bits per heavy atom. The molecule has 2 N–H and O–H groups in total. The van der Waals surface area contributed by atoms with Crippen molar-refractivity contribution in [3.05, 3.63) is 66.1 Å². The van der Waals surface area contributed by atoms with E-state index in [0.29, 0.717) is 54.0 Å². The number of sulfone groups is 1. The van der Waals surface area contributed by atoms with Crippen LogP contribution in [0.4, 0.5) is 26.4 Å². The van der Waals surface area contributed by atoms with Crippen molar-refractivity contribution in [1.82, 2.24) is 9.97 Å². The number of amides is 2. The summed E-state index contributed by atoms with van der Waals surface area (Å²) in [6, 6.07) is 13.7. The van der Waals surface area contributed by atoms with E-state index >= 15 is 0 Å². The first-order chi connectivity index (χ1) is 16.7. The molecule has 0 spiro atoms. The maximum absolute atomic E-state index is 13.0. The molecule has 1 aliphatic rings. The normalized spacial score (nSPS) is 16.1. The summed E-state index contributed by atoms with van der Waals surface area (Å²) in [6.07, 6.45) is 1.17. The first kappa shape index (κ1) is 24.6. The highest BCUT2D eigenvalue weighted by Gasteiger charge is 2.22. The van der Waals surface area contributed by atoms with Crippen molar-refractivity contribution < 1.29 is 22.3 Å². The maximum atomic E-state index is 13.0. The van der Waals surface area contributed by atoms with Crippen LogP contribution in [-0.4, -0.2) is 56.5 Å². The van der Waals surface area contributed by atoms with Gasteiger partial charge in [-0.1, -0.05) is 0 Å². The lowest BCUT2D eigenvalue weighted by atomic mass is 10.2. The van der Waals surface area contributed by atoms with Crippen molar-refractivity contribution >= 4 is 33.1 Å². The van der Waals surface area contributed by atoms with Crippen molar-refractivity contribution in [1.29, 1.82) is 0 Å². The average Bonchev–Trinajstić information content (AvgIpc) is 2.80. The number of nitrogens with zero attached hydrogens (tertiary/aromatic N) is 3. The first-order valence-corrected chi connectivity index (χ1v) is 13.1. The van der Waals surface area contributed by atoms with E-state index in [2.05, 4.69) is 20.5 Å². The van der Waals surface area contributed by atoms with Crippen molar-refractivity contribution in [2.24, 2.45) is 0 Å². The van der Waals surface area contributed by atoms with Crippen LogP contribution in [0, 0.1) is 5.82 Å². The number of ether oxygens (including phenoxy) is 1. The number of aromatic nitrogens is 2. The molecule has 2 aromatic carbocycles. The molecule has 0 unspecified atom stereocenters. The molecule has 3 aromatic rings. The summed E-state index contributed by atoms with van der Waals surface area (Å²) in [5.74, 6) is 0.449. The molecule has 184 valence electrons. The molecule has 0 radical (unpaired) electrons. The van der Waals surface area contributed by atoms with Gasteiger partial charge in [0.25, 0.3) is 0 Å². The van der Waals surface area contributed by atoms with Crippen LogP contribution in [0.1, 0.15) is 12.6 Å². The predicted octanol–water partition coefficient (Wildman–Crippen LogP) is 3.70. The van der Waals surface area contributed by atoms with E-state index < -0.39 is 15.9 Å². The number of carbonyl (C=O) groups excluding carboxylic acids is 1. The van der Waals surface area contributed by atoms with Crippen molar-refractivity contribution in [2.45, 2.75) is 18.7 Å². The summed E-state index contributed by atoms with van der Waals surface area (Å²) >= 11 is 0. The third kappa shape index (κ3) is 6.74. The molecule has 2 amide bonds. The molecule has 1 aromatic heterocycles. The zero-order valence-corrected chi connectivity index (χ0v) is 20.2. The van der Waals surface area contributed by atoms with Gasteiger partial charge in [-0.15, -0.1) is 0 Å². The van der Waals surface area contributed by atoms with Crippen molar-refractivity contribution in [2.75, 3.05) is 41.5 Å². The third-order valence-electron chi connectivity index (χ3n) is 5.34. The van der Waals surface area contributed by atoms with Crippen LogP contribution in [0.15, 0.2) is 54.6 Å². The Labute approximate surface area is 203 Å². The van der Waals surface area contributed by atoms with Crippen LogP contribution < -0.4 is 15.5 Å². The second-order valence-electron chi connectivity index (χ2n) is 8.39. The Kier molecular flexibility index (Phi) is 7.27. The highest BCUT2D eigenvalue weighted by molar-refractivity contribution is 7.89. The van der Waals surface area contributed by atoms with Gasteiger partial charge in [-0.25, -0.2) is 27.6 Å². The Bertz CT molecular complexity index is 1300. The molecule has 35 heavy (non-hydrogen) atoms. The van der Waals surface area contributed by atoms with E-state index in [0.717, 1.165) is 0 Å². The molecule has 1 saturated heterocycles. The number of anilines is 3. The largest absolute Gasteiger partial charge is 0.377 e. The van der Waals surface area contributed by atoms with Crippen LogP contribution >= 0.6 is 0 Å². The second kappa shape index (κ2) is 10.4. The zero-order valence-electron chi connectivity index (χ0n) is 19.4. The number of rotatable bonds is 6. The number of hydrogen-bond donors (Lipinski definition) is 2. The number of carbonyl (C=O) groups is 1. The Morgan fingerprint density at radius 1 is 1.09 bits per heavy atom. The molecule has 1 fully saturated rings. The fourth-order valence-electron chi connectivity index (χ4n) is 3.70. The lowest BCUT2D eigenvalue weighted by molar-refractivity contribution is 0.0985. The van der Waals surface area contributed by atoms with Gasteiger partial charge >= 0.3 is 6.03 Å². The maximum Gasteiger partial charge on any atom is 0.323 e. The SMILES string of the molecule is C[C@H]1COCCN1c1cc(CS(C)(=O)=O)nc(-c2ccc(NC(=O)Nc3ccc(F)cc3)cc2)n1. The molecule has 0 saturated carbocycles. The number of morpholine rings is 1. The molecule has 2 heterocycles. The quantitative estimate of drug-likeness (QED) is 0.532. The molecule has 0 aliphatic carbocycles. The van der Waals surface area contributed by atoms with Gasteiger partial charge in [-0.05, 0) is 55.5 Å². The molecular weight excluding hydrogens is 473 g/mol. The minimum atomic E-state index is -3.29. The van der Waals surface area contributed by atoms with Crippen LogP contribution in [0.2, 0.25) is 0 Å². The topological polar surface area (TPSA) is 114 Å². The fraction of sp³-hybridized carbons (Fsp3) is 0.292. The summed E-state index contributed by atoms with van der Waals surface area (Å²) in [5, 5.41) is 5.34. The van der Waals surface area contributed by atoms with E-state index in [4.69, 9.17) is 9.72 Å². The van der Waals surface area contributed by atoms with Gasteiger partial charge in [0.05, 0.1) is 30.7 Å². The zero-order chi connectivity index (χ0) is 25.0. The van der Waals surface area contributed by atoms with Crippen LogP contribution in [0.3, 0.4) is 0 Å². The Balaban J connectivity index is 1.55. The van der Waals surface area contributed by atoms with E-state index in [1.807, 2.05) is 6.92 Å². The predicted molar refractivity (Wildman–Crippen MR) is 133 cm³/mol. The number of benzene rings is 2. The van der Waals surface area contributed by atoms with Gasteiger partial charge in [-0.3, -0.25) is 0 Å². The molecular formula is C24H26FN5O4S. The summed E-state index contributed by atoms with van der Waals surface area (Å²) in [5.41, 5.74) is 2.07. The van der Waals surface area contributed by atoms with Crippen molar-refractivity contribution in [3.63, 3.8) is 0 Å². The summed E-state index contributed by atoms with van der Waals surface area (Å²) in [7, 11) is -3.29. The lowest BCUT2D eigenvalue weighted by Gasteiger charge is -2.34. The summed E-state index contributed by atoms with van der Waals surface area (Å²) < 4.78 is 42.4. The fourth-order valence-corrected chi connectivity index (χ4v) is 4.38. The van der Waals surface area contributed by atoms with E-state index in [1.165, 1.54) is 30.5 Å². The van der Waals surface area contributed by atoms with Crippen LogP contribution in [-0.2, 0) is 20.3 Å². The molecule has 0 bridgehead atoms. The summed E-state index contributed by atoms with van der Waals surface area (Å²) in [4.78, 5) is 23.5. The van der Waals surface area contributed by atoms with E-state index in [1.54, 1.807) is 30.3 Å². The highest BCUT2D eigenvalue weighted by atomic mass is 32.2. The van der Waals surface area contributed by atoms with Crippen LogP contribution in [0.5, 0.6) is 0 Å². The first-order valence-electron chi connectivity index (χ1n) is 11.0. The molecule has 1 aliphatic heterocycles. The van der Waals surface area contributed by atoms with Gasteiger partial charge in [0, 0.05) is 35.8 Å². The monoisotopic (exact) mass is 499 g/mol. The van der Waals surface area contributed by atoms with Gasteiger partial charge in [0.15, 0.2) is 15.7 Å². The minimum Gasteiger partial charge on any atom is -0.377 e. The lowest BCUT2D eigenvalue weighted by Crippen LogP contribution is -2.44. The minimum absolute atomic E-state index is 0.0868. The molecule has 9 nitrogen and oxygen atoms in total. The standard InChI is InChI=1S/C24H26FN5O4S/c1-16-14-34-12-11-30(16)22-13-21(15-35(2,32)33)26-23(29-22)17-3-7-19(8-4-17)27-24(31)28-20-9-5-18(25)6-10-20/h3-10,13,16H,11-12,14-15H2,1-2H3,(H2,27,28,31)/t16-/m0/s1. The van der Waals surface area contributed by atoms with Gasteiger partial charge < -0.3 is 20.3 Å². The average molecular weight is 500 g/mol.